The number of nitrogens with one attached hydrogen (secondary N) is 1. The highest BCUT2D eigenvalue weighted by Crippen LogP contribution is 2.30. The molecule has 1 N–H and O–H groups in total. The summed E-state index contributed by atoms with van der Waals surface area (Å²) in [5, 5.41) is 14.5. The quantitative estimate of drug-likeness (QED) is 0.247. The Hall–Kier alpha value is -4.26. The summed E-state index contributed by atoms with van der Waals surface area (Å²) in [5.41, 5.74) is 8.59. The molecule has 0 fully saturated rings. The molecular formula is C31H34N6O. The van der Waals surface area contributed by atoms with Crippen LogP contribution in [-0.4, -0.2) is 29.8 Å². The summed E-state index contributed by atoms with van der Waals surface area (Å²) in [7, 11) is 0. The van der Waals surface area contributed by atoms with Crippen LogP contribution >= 0.6 is 0 Å². The largest absolute Gasteiger partial charge is 0.333 e. The van der Waals surface area contributed by atoms with Gasteiger partial charge < -0.3 is 0 Å². The van der Waals surface area contributed by atoms with E-state index >= 15 is 0 Å². The van der Waals surface area contributed by atoms with Crippen molar-refractivity contribution in [1.29, 1.82) is 0 Å². The summed E-state index contributed by atoms with van der Waals surface area (Å²) >= 11 is 0. The van der Waals surface area contributed by atoms with Crippen LogP contribution < -0.4 is 5.69 Å². The second-order valence-corrected chi connectivity index (χ2v) is 9.77. The molecule has 0 bridgehead atoms. The van der Waals surface area contributed by atoms with E-state index in [9.17, 15) is 4.79 Å². The highest BCUT2D eigenvalue weighted by atomic mass is 16.1. The van der Waals surface area contributed by atoms with Gasteiger partial charge in [0.25, 0.3) is 0 Å². The van der Waals surface area contributed by atoms with E-state index in [1.165, 1.54) is 5.56 Å². The molecular weight excluding hydrogens is 472 g/mol. The first-order valence-corrected chi connectivity index (χ1v) is 13.4. The van der Waals surface area contributed by atoms with Crippen molar-refractivity contribution in [3.05, 3.63) is 106 Å². The minimum Gasteiger partial charge on any atom is -0.292 e. The Balaban J connectivity index is 1.50. The summed E-state index contributed by atoms with van der Waals surface area (Å²) in [6.07, 6.45) is 7.06. The molecule has 5 rings (SSSR count). The van der Waals surface area contributed by atoms with Gasteiger partial charge in [-0.05, 0) is 59.2 Å². The fourth-order valence-corrected chi connectivity index (χ4v) is 5.13. The van der Waals surface area contributed by atoms with E-state index in [4.69, 9.17) is 0 Å². The van der Waals surface area contributed by atoms with Crippen molar-refractivity contribution in [1.82, 2.24) is 29.8 Å². The summed E-state index contributed by atoms with van der Waals surface area (Å²) in [6, 6.07) is 22.8. The SMILES string of the molecule is CCCCc1cn(-c2c(C)cccc2CCC)c(=O)n1Cc1ccc(-c2ccccc2-c2nn[nH]n2)cc1. The molecule has 2 aromatic heterocycles. The van der Waals surface area contributed by atoms with Crippen LogP contribution in [0, 0.1) is 6.92 Å². The number of para-hydroxylation sites is 1. The molecule has 0 unspecified atom stereocenters. The van der Waals surface area contributed by atoms with Crippen LogP contribution in [-0.2, 0) is 19.4 Å². The fourth-order valence-electron chi connectivity index (χ4n) is 5.13. The molecule has 38 heavy (non-hydrogen) atoms. The van der Waals surface area contributed by atoms with Crippen LogP contribution in [0.4, 0.5) is 0 Å². The highest BCUT2D eigenvalue weighted by molar-refractivity contribution is 5.80. The molecule has 0 saturated heterocycles. The first-order chi connectivity index (χ1) is 18.6. The van der Waals surface area contributed by atoms with Crippen molar-refractivity contribution in [2.45, 2.75) is 59.4 Å². The number of imidazole rings is 1. The van der Waals surface area contributed by atoms with Gasteiger partial charge in [0.2, 0.25) is 5.82 Å². The van der Waals surface area contributed by atoms with E-state index in [0.29, 0.717) is 12.4 Å². The molecule has 0 aliphatic carbocycles. The van der Waals surface area contributed by atoms with Gasteiger partial charge in [-0.2, -0.15) is 5.21 Å². The number of aromatic nitrogens is 6. The average molecular weight is 507 g/mol. The lowest BCUT2D eigenvalue weighted by Crippen LogP contribution is -2.25. The standard InChI is InChI=1S/C31H34N6O/c1-4-6-13-26-21-37(29-22(3)11-9-12-25(29)10-5-2)31(38)36(26)20-23-16-18-24(19-17-23)27-14-7-8-15-28(27)30-32-34-35-33-30/h7-9,11-12,14-19,21H,4-6,10,13,20H2,1-3H3,(H,32,33,34,35). The number of benzene rings is 3. The molecule has 2 heterocycles. The van der Waals surface area contributed by atoms with Gasteiger partial charge in [0.15, 0.2) is 0 Å². The number of unbranched alkanes of at least 4 members (excludes halogenated alkanes) is 1. The van der Waals surface area contributed by atoms with Crippen LogP contribution in [0.2, 0.25) is 0 Å². The highest BCUT2D eigenvalue weighted by Gasteiger charge is 2.17. The maximum absolute atomic E-state index is 13.8. The molecule has 0 atom stereocenters. The maximum atomic E-state index is 13.8. The number of H-pyrrole nitrogens is 1. The summed E-state index contributed by atoms with van der Waals surface area (Å²) in [5.74, 6) is 0.566. The zero-order chi connectivity index (χ0) is 26.5. The number of aryl methyl sites for hydroxylation is 3. The second kappa shape index (κ2) is 11.4. The minimum absolute atomic E-state index is 0.0225. The third-order valence-electron chi connectivity index (χ3n) is 7.05. The van der Waals surface area contributed by atoms with Gasteiger partial charge in [0.1, 0.15) is 0 Å². The van der Waals surface area contributed by atoms with Gasteiger partial charge in [-0.25, -0.2) is 4.79 Å². The molecule has 0 aliphatic heterocycles. The fraction of sp³-hybridized carbons (Fsp3) is 0.290. The number of nitrogens with zero attached hydrogens (tertiary/aromatic N) is 5. The van der Waals surface area contributed by atoms with Gasteiger partial charge in [-0.1, -0.05) is 93.4 Å². The normalized spacial score (nSPS) is 11.2. The first-order valence-electron chi connectivity index (χ1n) is 13.4. The minimum atomic E-state index is 0.0225. The van der Waals surface area contributed by atoms with Crippen molar-refractivity contribution in [3.63, 3.8) is 0 Å². The number of hydrogen-bond donors (Lipinski definition) is 1. The molecule has 7 heteroatoms. The molecule has 0 amide bonds. The van der Waals surface area contributed by atoms with Crippen LogP contribution in [0.15, 0.2) is 77.7 Å². The zero-order valence-corrected chi connectivity index (χ0v) is 22.3. The number of rotatable bonds is 10. The monoisotopic (exact) mass is 506 g/mol. The van der Waals surface area contributed by atoms with Crippen LogP contribution in [0.25, 0.3) is 28.2 Å². The van der Waals surface area contributed by atoms with Crippen molar-refractivity contribution in [2.75, 3.05) is 0 Å². The molecule has 0 spiro atoms. The van der Waals surface area contributed by atoms with Crippen molar-refractivity contribution in [2.24, 2.45) is 0 Å². The van der Waals surface area contributed by atoms with E-state index in [2.05, 4.69) is 96.1 Å². The van der Waals surface area contributed by atoms with Gasteiger partial charge in [0.05, 0.1) is 12.2 Å². The third-order valence-corrected chi connectivity index (χ3v) is 7.05. The lowest BCUT2D eigenvalue weighted by molar-refractivity contribution is 0.673. The second-order valence-electron chi connectivity index (χ2n) is 9.77. The Morgan fingerprint density at radius 3 is 2.37 bits per heavy atom. The average Bonchev–Trinajstić information content (AvgIpc) is 3.58. The topological polar surface area (TPSA) is 81.4 Å². The van der Waals surface area contributed by atoms with Gasteiger partial charge in [0, 0.05) is 17.5 Å². The van der Waals surface area contributed by atoms with Gasteiger partial charge in [-0.3, -0.25) is 9.13 Å². The summed E-state index contributed by atoms with van der Waals surface area (Å²) in [4.78, 5) is 13.8. The lowest BCUT2D eigenvalue weighted by Gasteiger charge is -2.12. The number of hydrogen-bond acceptors (Lipinski definition) is 4. The van der Waals surface area contributed by atoms with E-state index < -0.39 is 0 Å². The Kier molecular flexibility index (Phi) is 7.63. The van der Waals surface area contributed by atoms with Crippen LogP contribution in [0.5, 0.6) is 0 Å². The van der Waals surface area contributed by atoms with Crippen molar-refractivity contribution < 1.29 is 0 Å². The Morgan fingerprint density at radius 1 is 0.868 bits per heavy atom. The smallest absolute Gasteiger partial charge is 0.292 e. The first kappa shape index (κ1) is 25.4. The van der Waals surface area contributed by atoms with Crippen LogP contribution in [0.1, 0.15) is 55.5 Å². The third kappa shape index (κ3) is 5.09. The molecule has 0 saturated carbocycles. The van der Waals surface area contributed by atoms with Crippen LogP contribution in [0.3, 0.4) is 0 Å². The molecule has 0 aliphatic rings. The maximum Gasteiger partial charge on any atom is 0.333 e. The molecule has 0 radical (unpaired) electrons. The predicted octanol–water partition coefficient (Wildman–Crippen LogP) is 6.14. The Bertz CT molecular complexity index is 1560. The zero-order valence-electron chi connectivity index (χ0n) is 22.3. The van der Waals surface area contributed by atoms with E-state index in [1.807, 2.05) is 27.3 Å². The van der Waals surface area contributed by atoms with Gasteiger partial charge in [-0.15, -0.1) is 10.2 Å². The van der Waals surface area contributed by atoms with Crippen molar-refractivity contribution >= 4 is 0 Å². The van der Waals surface area contributed by atoms with E-state index in [0.717, 1.165) is 71.3 Å². The lowest BCUT2D eigenvalue weighted by atomic mass is 9.98. The van der Waals surface area contributed by atoms with Gasteiger partial charge >= 0.3 is 5.69 Å². The molecule has 7 nitrogen and oxygen atoms in total. The molecule has 5 aromatic rings. The summed E-state index contributed by atoms with van der Waals surface area (Å²) < 4.78 is 3.82. The Labute approximate surface area is 223 Å². The predicted molar refractivity (Wildman–Crippen MR) is 152 cm³/mol. The number of tetrazole rings is 1. The number of aromatic amines is 1. The summed E-state index contributed by atoms with van der Waals surface area (Å²) in [6.45, 7) is 6.99. The molecule has 3 aromatic carbocycles. The van der Waals surface area contributed by atoms with E-state index in [1.54, 1.807) is 0 Å². The van der Waals surface area contributed by atoms with Crippen molar-refractivity contribution in [3.8, 4) is 28.2 Å². The van der Waals surface area contributed by atoms with E-state index in [-0.39, 0.29) is 5.69 Å². The molecule has 194 valence electrons. The Morgan fingerprint density at radius 2 is 1.66 bits per heavy atom.